The van der Waals surface area contributed by atoms with Crippen LogP contribution in [-0.2, 0) is 16.2 Å². The van der Waals surface area contributed by atoms with Gasteiger partial charge in [0.15, 0.2) is 0 Å². The number of sulfonamides is 1. The summed E-state index contributed by atoms with van der Waals surface area (Å²) in [5, 5.41) is 0.915. The molecule has 7 nitrogen and oxygen atoms in total. The van der Waals surface area contributed by atoms with E-state index in [1.54, 1.807) is 43.6 Å². The molecule has 5 rings (SSSR count). The van der Waals surface area contributed by atoms with Crippen molar-refractivity contribution in [1.29, 1.82) is 0 Å². The second kappa shape index (κ2) is 9.00. The van der Waals surface area contributed by atoms with E-state index in [1.807, 2.05) is 0 Å². The fourth-order valence-electron chi connectivity index (χ4n) is 4.54. The number of rotatable bonds is 7. The Balaban J connectivity index is 1.58. The summed E-state index contributed by atoms with van der Waals surface area (Å²) in [6.07, 6.45) is 0.722. The van der Waals surface area contributed by atoms with Gasteiger partial charge in [0, 0.05) is 35.5 Å². The fraction of sp³-hybridized carbons (Fsp3) is 0.231. The highest BCUT2D eigenvalue weighted by molar-refractivity contribution is 7.92. The Morgan fingerprint density at radius 2 is 2.03 bits per heavy atom. The first-order valence-electron chi connectivity index (χ1n) is 11.4. The molecule has 1 aliphatic heterocycles. The molecule has 4 heterocycles. The van der Waals surface area contributed by atoms with Crippen molar-refractivity contribution in [3.63, 3.8) is 0 Å². The topological polar surface area (TPSA) is 88.2 Å². The number of pyridine rings is 2. The summed E-state index contributed by atoms with van der Waals surface area (Å²) in [5.41, 5.74) is 1.51. The molecule has 0 unspecified atom stereocenters. The number of hydrogen-bond acceptors (Lipinski definition) is 5. The first-order valence-corrected chi connectivity index (χ1v) is 12.9. The van der Waals surface area contributed by atoms with E-state index in [4.69, 9.17) is 4.74 Å². The summed E-state index contributed by atoms with van der Waals surface area (Å²) in [6, 6.07) is 10.3. The number of fused-ring (bicyclic) bond motifs is 1. The average molecular weight is 529 g/mol. The third-order valence-electron chi connectivity index (χ3n) is 6.60. The highest BCUT2D eigenvalue weighted by atomic mass is 32.2. The van der Waals surface area contributed by atoms with E-state index in [0.717, 1.165) is 17.5 Å². The Labute approximate surface area is 211 Å². The van der Waals surface area contributed by atoms with Gasteiger partial charge in [-0.25, -0.2) is 8.42 Å². The molecule has 0 radical (unpaired) electrons. The Hall–Kier alpha value is -3.70. The minimum Gasteiger partial charge on any atom is -0.489 e. The number of benzene rings is 1. The highest BCUT2D eigenvalue weighted by Crippen LogP contribution is 2.43. The minimum atomic E-state index is -4.50. The first-order chi connectivity index (χ1) is 17.5. The number of halogens is 3. The van der Waals surface area contributed by atoms with Crippen LogP contribution in [0.4, 0.5) is 13.2 Å². The summed E-state index contributed by atoms with van der Waals surface area (Å²) >= 11 is 0. The molecule has 0 aliphatic carbocycles. The predicted molar refractivity (Wildman–Crippen MR) is 134 cm³/mol. The molecule has 0 saturated carbocycles. The molecule has 1 fully saturated rings. The van der Waals surface area contributed by atoms with E-state index in [9.17, 15) is 21.6 Å². The quantitative estimate of drug-likeness (QED) is 0.336. The molecule has 1 aliphatic rings. The lowest BCUT2D eigenvalue weighted by atomic mass is 9.91. The zero-order valence-electron chi connectivity index (χ0n) is 19.8. The Morgan fingerprint density at radius 3 is 2.73 bits per heavy atom. The van der Waals surface area contributed by atoms with Crippen LogP contribution in [0, 0.1) is 0 Å². The van der Waals surface area contributed by atoms with Gasteiger partial charge in [-0.3, -0.25) is 9.97 Å². The van der Waals surface area contributed by atoms with Crippen LogP contribution >= 0.6 is 0 Å². The van der Waals surface area contributed by atoms with Crippen LogP contribution in [0.25, 0.3) is 33.4 Å². The van der Waals surface area contributed by atoms with Gasteiger partial charge in [0.05, 0.1) is 34.0 Å². The Bertz CT molecular complexity index is 1600. The molecular weight excluding hydrogens is 505 g/mol. The number of nitrogens with one attached hydrogen (secondary N) is 1. The summed E-state index contributed by atoms with van der Waals surface area (Å²) < 4.78 is 72.6. The molecule has 192 valence electrons. The molecule has 1 saturated heterocycles. The maximum absolute atomic E-state index is 13.5. The zero-order chi connectivity index (χ0) is 26.4. The maximum atomic E-state index is 13.5. The van der Waals surface area contributed by atoms with Crippen LogP contribution < -0.4 is 4.74 Å². The van der Waals surface area contributed by atoms with Gasteiger partial charge in [-0.2, -0.15) is 17.5 Å². The third-order valence-corrected chi connectivity index (χ3v) is 8.26. The molecule has 1 atom stereocenters. The number of aromatic nitrogens is 3. The van der Waals surface area contributed by atoms with Gasteiger partial charge in [0.2, 0.25) is 10.0 Å². The van der Waals surface area contributed by atoms with Gasteiger partial charge in [-0.1, -0.05) is 18.7 Å². The van der Waals surface area contributed by atoms with Gasteiger partial charge in [-0.05, 0) is 49.2 Å². The van der Waals surface area contributed by atoms with Crippen LogP contribution in [0.3, 0.4) is 0 Å². The number of hydrogen-bond donors (Lipinski definition) is 1. The first kappa shape index (κ1) is 25.0. The zero-order valence-corrected chi connectivity index (χ0v) is 20.6. The minimum absolute atomic E-state index is 0.0517. The molecule has 37 heavy (non-hydrogen) atoms. The van der Waals surface area contributed by atoms with Crippen molar-refractivity contribution in [3.8, 4) is 28.1 Å². The molecule has 1 N–H and O–H groups in total. The van der Waals surface area contributed by atoms with Crippen LogP contribution in [0.1, 0.15) is 18.9 Å². The standard InChI is InChI=1S/C26H23F3N4O3S/c1-3-37(34,35)33-13-10-25(33,2)16-36-21-15-30-12-9-19(21)23-22(24-20(32-23)8-5-11-31-24)17-6-4-7-18(14-17)26(27,28)29/h3-9,11-12,14-15,32H,1,10,13,16H2,2H3/t25-/m1/s1. The normalized spacial score (nSPS) is 18.5. The number of nitrogens with zero attached hydrogens (tertiary/aromatic N) is 3. The Morgan fingerprint density at radius 1 is 1.22 bits per heavy atom. The second-order valence-corrected chi connectivity index (χ2v) is 10.8. The van der Waals surface area contributed by atoms with Crippen LogP contribution in [0.2, 0.25) is 0 Å². The molecule has 0 bridgehead atoms. The summed E-state index contributed by atoms with van der Waals surface area (Å²) in [6.45, 7) is 5.59. The lowest BCUT2D eigenvalue weighted by Crippen LogP contribution is -2.62. The van der Waals surface area contributed by atoms with Crippen molar-refractivity contribution in [1.82, 2.24) is 19.3 Å². The molecule has 0 amide bonds. The van der Waals surface area contributed by atoms with Crippen molar-refractivity contribution in [2.45, 2.75) is 25.1 Å². The lowest BCUT2D eigenvalue weighted by molar-refractivity contribution is -0.137. The van der Waals surface area contributed by atoms with Crippen molar-refractivity contribution in [2.75, 3.05) is 13.2 Å². The molecule has 3 aromatic heterocycles. The van der Waals surface area contributed by atoms with E-state index in [1.165, 1.54) is 16.6 Å². The molecule has 1 aromatic carbocycles. The predicted octanol–water partition coefficient (Wildman–Crippen LogP) is 5.63. The SMILES string of the molecule is C=CS(=O)(=O)N1CC[C@]1(C)COc1cnccc1-c1[nH]c2cccnc2c1-c1cccc(C(F)(F)F)c1. The summed E-state index contributed by atoms with van der Waals surface area (Å²) in [7, 11) is -3.62. The molecule has 11 heteroatoms. The summed E-state index contributed by atoms with van der Waals surface area (Å²) in [5.74, 6) is 0.353. The van der Waals surface area contributed by atoms with Crippen LogP contribution in [0.15, 0.2) is 73.0 Å². The van der Waals surface area contributed by atoms with Gasteiger partial charge in [0.25, 0.3) is 0 Å². The smallest absolute Gasteiger partial charge is 0.416 e. The number of aromatic amines is 1. The number of H-pyrrole nitrogens is 1. The van der Waals surface area contributed by atoms with Crippen LogP contribution in [0.5, 0.6) is 5.75 Å². The van der Waals surface area contributed by atoms with Crippen molar-refractivity contribution < 1.29 is 26.3 Å². The molecule has 0 spiro atoms. The largest absolute Gasteiger partial charge is 0.489 e. The summed E-state index contributed by atoms with van der Waals surface area (Å²) in [4.78, 5) is 11.9. The van der Waals surface area contributed by atoms with Crippen molar-refractivity contribution in [3.05, 3.63) is 78.6 Å². The number of alkyl halides is 3. The van der Waals surface area contributed by atoms with Gasteiger partial charge < -0.3 is 9.72 Å². The molecular formula is C26H23F3N4O3S. The average Bonchev–Trinajstić information content (AvgIpc) is 3.25. The van der Waals surface area contributed by atoms with Gasteiger partial charge >= 0.3 is 6.18 Å². The number of ether oxygens (including phenoxy) is 1. The van der Waals surface area contributed by atoms with E-state index >= 15 is 0 Å². The fourth-order valence-corrected chi connectivity index (χ4v) is 5.83. The van der Waals surface area contributed by atoms with Crippen LogP contribution in [-0.4, -0.2) is 46.4 Å². The van der Waals surface area contributed by atoms with E-state index in [0.29, 0.717) is 52.1 Å². The van der Waals surface area contributed by atoms with Crippen molar-refractivity contribution in [2.24, 2.45) is 0 Å². The van der Waals surface area contributed by atoms with Gasteiger partial charge in [0.1, 0.15) is 12.4 Å². The van der Waals surface area contributed by atoms with Crippen molar-refractivity contribution >= 4 is 21.1 Å². The third kappa shape index (κ3) is 4.49. The van der Waals surface area contributed by atoms with E-state index in [-0.39, 0.29) is 6.61 Å². The monoisotopic (exact) mass is 528 g/mol. The van der Waals surface area contributed by atoms with Gasteiger partial charge in [-0.15, -0.1) is 0 Å². The van der Waals surface area contributed by atoms with E-state index in [2.05, 4.69) is 21.5 Å². The lowest BCUT2D eigenvalue weighted by Gasteiger charge is -2.48. The second-order valence-electron chi connectivity index (χ2n) is 9.04. The maximum Gasteiger partial charge on any atom is 0.416 e. The highest BCUT2D eigenvalue weighted by Gasteiger charge is 2.47. The van der Waals surface area contributed by atoms with E-state index < -0.39 is 27.3 Å². The Kier molecular flexibility index (Phi) is 6.07. The molecule has 4 aromatic rings.